The number of nitriles is 1. The summed E-state index contributed by atoms with van der Waals surface area (Å²) in [6, 6.07) is 11.4. The van der Waals surface area contributed by atoms with Crippen molar-refractivity contribution in [3.63, 3.8) is 0 Å². The number of carbonyl (C=O) groups excluding carboxylic acids is 1. The average molecular weight is 401 g/mol. The zero-order chi connectivity index (χ0) is 19.4. The van der Waals surface area contributed by atoms with Gasteiger partial charge in [0.05, 0.1) is 28.7 Å². The molecule has 27 heavy (non-hydrogen) atoms. The zero-order valence-electron chi connectivity index (χ0n) is 15.4. The third-order valence-corrected chi connectivity index (χ3v) is 6.14. The van der Waals surface area contributed by atoms with Crippen molar-refractivity contribution in [1.29, 1.82) is 5.26 Å². The number of thiazole rings is 1. The van der Waals surface area contributed by atoms with Gasteiger partial charge in [-0.15, -0.1) is 11.3 Å². The molecule has 3 aromatic rings. The molecule has 2 aromatic heterocycles. The van der Waals surface area contributed by atoms with Gasteiger partial charge in [0.25, 0.3) is 5.91 Å². The molecular weight excluding hydrogens is 380 g/mol. The molecule has 1 aromatic carbocycles. The van der Waals surface area contributed by atoms with E-state index < -0.39 is 0 Å². The first-order chi connectivity index (χ1) is 13.0. The number of ether oxygens (including phenoxy) is 1. The summed E-state index contributed by atoms with van der Waals surface area (Å²) < 4.78 is 6.46. The van der Waals surface area contributed by atoms with Gasteiger partial charge in [0.2, 0.25) is 0 Å². The van der Waals surface area contributed by atoms with Crippen molar-refractivity contribution in [3.8, 4) is 11.8 Å². The number of nitrogens with zero attached hydrogens (tertiary/aromatic N) is 4. The van der Waals surface area contributed by atoms with Gasteiger partial charge in [-0.3, -0.25) is 4.79 Å². The normalized spacial score (nSPS) is 10.6. The summed E-state index contributed by atoms with van der Waals surface area (Å²) in [4.78, 5) is 22.8. The monoisotopic (exact) mass is 400 g/mol. The van der Waals surface area contributed by atoms with Crippen molar-refractivity contribution in [2.75, 3.05) is 37.0 Å². The molecule has 0 aliphatic carbocycles. The van der Waals surface area contributed by atoms with Gasteiger partial charge in [-0.2, -0.15) is 5.26 Å². The van der Waals surface area contributed by atoms with Crippen molar-refractivity contribution in [2.45, 2.75) is 13.3 Å². The second-order valence-corrected chi connectivity index (χ2v) is 8.00. The summed E-state index contributed by atoms with van der Waals surface area (Å²) in [7, 11) is 3.90. The lowest BCUT2D eigenvalue weighted by Gasteiger charge is -2.21. The predicted octanol–water partition coefficient (Wildman–Crippen LogP) is 4.38. The van der Waals surface area contributed by atoms with E-state index in [0.29, 0.717) is 18.0 Å². The summed E-state index contributed by atoms with van der Waals surface area (Å²) in [5.41, 5.74) is 0.748. The number of aromatic nitrogens is 1. The van der Waals surface area contributed by atoms with Crippen molar-refractivity contribution >= 4 is 48.9 Å². The fraction of sp³-hybridized carbons (Fsp3) is 0.316. The van der Waals surface area contributed by atoms with Crippen LogP contribution in [0.3, 0.4) is 0 Å². The Kier molecular flexibility index (Phi) is 5.94. The number of fused-ring (bicyclic) bond motifs is 1. The molecule has 2 heterocycles. The lowest BCUT2D eigenvalue weighted by atomic mass is 10.2. The highest BCUT2D eigenvalue weighted by molar-refractivity contribution is 7.29. The predicted molar refractivity (Wildman–Crippen MR) is 111 cm³/mol. The second-order valence-electron chi connectivity index (χ2n) is 5.96. The van der Waals surface area contributed by atoms with E-state index in [-0.39, 0.29) is 12.3 Å². The number of thiophene rings is 1. The van der Waals surface area contributed by atoms with E-state index in [1.165, 1.54) is 11.3 Å². The number of amides is 1. The van der Waals surface area contributed by atoms with Gasteiger partial charge in [0.15, 0.2) is 5.13 Å². The smallest absolute Gasteiger partial charge is 0.268 e. The first kappa shape index (κ1) is 19.1. The number of hydrogen-bond donors (Lipinski definition) is 0. The highest BCUT2D eigenvalue weighted by Crippen LogP contribution is 2.35. The van der Waals surface area contributed by atoms with Crippen LogP contribution >= 0.6 is 22.7 Å². The van der Waals surface area contributed by atoms with E-state index in [4.69, 9.17) is 10.00 Å². The number of hydrogen-bond acceptors (Lipinski definition) is 7. The molecule has 6 nitrogen and oxygen atoms in total. The minimum absolute atomic E-state index is 0.115. The van der Waals surface area contributed by atoms with Crippen molar-refractivity contribution in [2.24, 2.45) is 0 Å². The van der Waals surface area contributed by atoms with Gasteiger partial charge in [-0.1, -0.05) is 11.3 Å². The molecule has 0 unspecified atom stereocenters. The van der Waals surface area contributed by atoms with E-state index in [2.05, 4.69) is 11.1 Å². The van der Waals surface area contributed by atoms with Gasteiger partial charge in [0.1, 0.15) is 10.6 Å². The van der Waals surface area contributed by atoms with Gasteiger partial charge in [0, 0.05) is 26.3 Å². The molecule has 0 bridgehead atoms. The number of rotatable bonds is 7. The molecule has 0 fully saturated rings. The minimum atomic E-state index is -0.115. The molecule has 0 aliphatic rings. The van der Waals surface area contributed by atoms with Crippen molar-refractivity contribution in [1.82, 2.24) is 4.98 Å². The van der Waals surface area contributed by atoms with Crippen LogP contribution in [-0.2, 0) is 0 Å². The topological polar surface area (TPSA) is 69.5 Å². The van der Waals surface area contributed by atoms with Gasteiger partial charge in [-0.05, 0) is 37.3 Å². The Bertz CT molecular complexity index is 938. The first-order valence-electron chi connectivity index (χ1n) is 8.53. The second kappa shape index (κ2) is 8.37. The Hall–Kier alpha value is -2.63. The van der Waals surface area contributed by atoms with Crippen LogP contribution < -0.4 is 14.5 Å². The molecule has 8 heteroatoms. The minimum Gasteiger partial charge on any atom is -0.494 e. The van der Waals surface area contributed by atoms with Crippen LogP contribution in [0, 0.1) is 11.3 Å². The summed E-state index contributed by atoms with van der Waals surface area (Å²) in [5.74, 6) is 0.641. The lowest BCUT2D eigenvalue weighted by molar-refractivity contribution is 0.0991. The Morgan fingerprint density at radius 3 is 2.59 bits per heavy atom. The maximum Gasteiger partial charge on any atom is 0.268 e. The molecule has 0 saturated carbocycles. The Balaban J connectivity index is 1.88. The zero-order valence-corrected chi connectivity index (χ0v) is 17.1. The first-order valence-corrected chi connectivity index (χ1v) is 10.2. The van der Waals surface area contributed by atoms with Gasteiger partial charge in [-0.25, -0.2) is 4.98 Å². The third kappa shape index (κ3) is 4.21. The maximum atomic E-state index is 13.1. The largest absolute Gasteiger partial charge is 0.494 e. The van der Waals surface area contributed by atoms with Crippen LogP contribution in [0.5, 0.6) is 5.75 Å². The van der Waals surface area contributed by atoms with Crippen molar-refractivity contribution < 1.29 is 9.53 Å². The molecule has 0 aliphatic heterocycles. The van der Waals surface area contributed by atoms with Crippen LogP contribution in [0.15, 0.2) is 30.3 Å². The number of benzene rings is 1. The Morgan fingerprint density at radius 2 is 2.00 bits per heavy atom. The van der Waals surface area contributed by atoms with Crippen LogP contribution in [0.2, 0.25) is 0 Å². The molecule has 0 spiro atoms. The van der Waals surface area contributed by atoms with Crippen LogP contribution in [0.25, 0.3) is 9.53 Å². The number of carbonyl (C=O) groups is 1. The van der Waals surface area contributed by atoms with Crippen LogP contribution in [0.4, 0.5) is 10.8 Å². The molecular formula is C19H20N4O2S2. The summed E-state index contributed by atoms with van der Waals surface area (Å²) >= 11 is 2.95. The molecule has 0 N–H and O–H groups in total. The lowest BCUT2D eigenvalue weighted by Crippen LogP contribution is -2.31. The van der Waals surface area contributed by atoms with E-state index in [0.717, 1.165) is 26.1 Å². The van der Waals surface area contributed by atoms with E-state index >= 15 is 0 Å². The van der Waals surface area contributed by atoms with Gasteiger partial charge >= 0.3 is 0 Å². The Labute approximate surface area is 166 Å². The van der Waals surface area contributed by atoms with Crippen LogP contribution in [-0.4, -0.2) is 38.1 Å². The quantitative estimate of drug-likeness (QED) is 0.588. The highest BCUT2D eigenvalue weighted by atomic mass is 32.1. The summed E-state index contributed by atoms with van der Waals surface area (Å²) in [6.45, 7) is 2.85. The average Bonchev–Trinajstić information content (AvgIpc) is 3.22. The van der Waals surface area contributed by atoms with E-state index in [1.54, 1.807) is 16.2 Å². The molecule has 0 atom stereocenters. The SMILES string of the molecule is CCOc1ccc(N(CCC#N)C(=O)c2cc3sc(N(C)C)nc3s2)cc1. The van der Waals surface area contributed by atoms with Crippen molar-refractivity contribution in [3.05, 3.63) is 35.2 Å². The molecule has 0 radical (unpaired) electrons. The molecule has 1 amide bonds. The Morgan fingerprint density at radius 1 is 1.26 bits per heavy atom. The molecule has 140 valence electrons. The van der Waals surface area contributed by atoms with Gasteiger partial charge < -0.3 is 14.5 Å². The van der Waals surface area contributed by atoms with E-state index in [9.17, 15) is 4.79 Å². The summed E-state index contributed by atoms with van der Waals surface area (Å²) in [5, 5.41) is 9.89. The summed E-state index contributed by atoms with van der Waals surface area (Å²) in [6.07, 6.45) is 0.266. The van der Waals surface area contributed by atoms with Crippen LogP contribution in [0.1, 0.15) is 23.0 Å². The number of anilines is 2. The fourth-order valence-corrected chi connectivity index (χ4v) is 4.63. The molecule has 0 saturated heterocycles. The molecule has 3 rings (SSSR count). The van der Waals surface area contributed by atoms with E-state index in [1.807, 2.05) is 56.3 Å². The highest BCUT2D eigenvalue weighted by Gasteiger charge is 2.21. The fourth-order valence-electron chi connectivity index (χ4n) is 2.55. The third-order valence-electron chi connectivity index (χ3n) is 3.82. The maximum absolute atomic E-state index is 13.1. The standard InChI is InChI=1S/C19H20N4O2S2/c1-4-25-14-8-6-13(7-9-14)23(11-5-10-20)18(24)16-12-15-17(26-16)21-19(27-15)22(2)3/h6-9,12H,4-5,11H2,1-3H3.